The maximum Gasteiger partial charge on any atom is 0.246 e. The predicted molar refractivity (Wildman–Crippen MR) is 77.6 cm³/mol. The number of carbonyl (C=O) groups is 1. The van der Waals surface area contributed by atoms with Crippen molar-refractivity contribution >= 4 is 11.7 Å². The summed E-state index contributed by atoms with van der Waals surface area (Å²) >= 11 is 0. The molecule has 7 nitrogen and oxygen atoms in total. The van der Waals surface area contributed by atoms with Crippen molar-refractivity contribution in [3.8, 4) is 6.07 Å². The number of piperazine rings is 1. The highest BCUT2D eigenvalue weighted by Gasteiger charge is 2.27. The van der Waals surface area contributed by atoms with E-state index in [2.05, 4.69) is 32.4 Å². The second kappa shape index (κ2) is 5.58. The average molecular weight is 286 g/mol. The number of hydrogen-bond donors (Lipinski definition) is 1. The number of hydrogen-bond acceptors (Lipinski definition) is 5. The van der Waals surface area contributed by atoms with E-state index in [4.69, 9.17) is 0 Å². The largest absolute Gasteiger partial charge is 0.352 e. The molecule has 1 aromatic heterocycles. The van der Waals surface area contributed by atoms with Crippen LogP contribution in [0.3, 0.4) is 0 Å². The SMILES string of the molecule is C=CC(=O)N1CCN(c2c(C#N)nc3n2CCNC3)CC1. The van der Waals surface area contributed by atoms with E-state index in [1.54, 1.807) is 4.90 Å². The summed E-state index contributed by atoms with van der Waals surface area (Å²) in [5, 5.41) is 12.6. The molecule has 1 fully saturated rings. The molecule has 0 spiro atoms. The number of nitrogens with one attached hydrogen (secondary N) is 1. The molecular weight excluding hydrogens is 268 g/mol. The van der Waals surface area contributed by atoms with Crippen LogP contribution in [0, 0.1) is 11.3 Å². The Balaban J connectivity index is 1.82. The van der Waals surface area contributed by atoms with Gasteiger partial charge in [-0.05, 0) is 6.08 Å². The third-order valence-electron chi connectivity index (χ3n) is 3.99. The normalized spacial score (nSPS) is 18.0. The lowest BCUT2D eigenvalue weighted by molar-refractivity contribution is -0.126. The van der Waals surface area contributed by atoms with Crippen LogP contribution >= 0.6 is 0 Å². The van der Waals surface area contributed by atoms with E-state index < -0.39 is 0 Å². The summed E-state index contributed by atoms with van der Waals surface area (Å²) in [5.74, 6) is 1.78. The van der Waals surface area contributed by atoms with Gasteiger partial charge in [0.25, 0.3) is 0 Å². The molecule has 0 bridgehead atoms. The Kier molecular flexibility index (Phi) is 3.62. The van der Waals surface area contributed by atoms with E-state index in [1.165, 1.54) is 6.08 Å². The molecule has 0 saturated carbocycles. The van der Waals surface area contributed by atoms with Crippen LogP contribution in [0.1, 0.15) is 11.5 Å². The molecule has 1 aromatic rings. The number of aromatic nitrogens is 2. The number of fused-ring (bicyclic) bond motifs is 1. The first kappa shape index (κ1) is 13.6. The van der Waals surface area contributed by atoms with E-state index in [1.807, 2.05) is 0 Å². The number of anilines is 1. The lowest BCUT2D eigenvalue weighted by Gasteiger charge is -2.36. The molecule has 110 valence electrons. The quantitative estimate of drug-likeness (QED) is 0.755. The molecule has 0 radical (unpaired) electrons. The van der Waals surface area contributed by atoms with Gasteiger partial charge in [0.1, 0.15) is 17.7 Å². The third-order valence-corrected chi connectivity index (χ3v) is 3.99. The molecule has 0 aliphatic carbocycles. The van der Waals surface area contributed by atoms with Crippen molar-refractivity contribution in [1.29, 1.82) is 5.26 Å². The topological polar surface area (TPSA) is 77.2 Å². The van der Waals surface area contributed by atoms with E-state index in [9.17, 15) is 10.1 Å². The second-order valence-electron chi connectivity index (χ2n) is 5.16. The molecule has 1 N–H and O–H groups in total. The van der Waals surface area contributed by atoms with Gasteiger partial charge in [-0.3, -0.25) is 4.79 Å². The molecule has 2 aliphatic rings. The number of nitrogens with zero attached hydrogens (tertiary/aromatic N) is 5. The number of carbonyl (C=O) groups excluding carboxylic acids is 1. The molecule has 3 heterocycles. The first-order valence-corrected chi connectivity index (χ1v) is 7.11. The van der Waals surface area contributed by atoms with Gasteiger partial charge in [0, 0.05) is 39.3 Å². The molecule has 0 unspecified atom stereocenters. The number of rotatable bonds is 2. The molecule has 1 saturated heterocycles. The van der Waals surface area contributed by atoms with Gasteiger partial charge in [0.2, 0.25) is 5.91 Å². The summed E-state index contributed by atoms with van der Waals surface area (Å²) in [6.45, 7) is 8.65. The Labute approximate surface area is 123 Å². The molecule has 1 amide bonds. The summed E-state index contributed by atoms with van der Waals surface area (Å²) in [7, 11) is 0. The Bertz CT molecular complexity index is 606. The van der Waals surface area contributed by atoms with Gasteiger partial charge >= 0.3 is 0 Å². The minimum atomic E-state index is -0.0327. The van der Waals surface area contributed by atoms with E-state index in [0.717, 1.165) is 24.7 Å². The minimum Gasteiger partial charge on any atom is -0.352 e. The number of amides is 1. The number of imidazole rings is 1. The molecule has 2 aliphatic heterocycles. The summed E-state index contributed by atoms with van der Waals surface area (Å²) in [6, 6.07) is 2.20. The standard InChI is InChI=1S/C14H18N6O/c1-2-13(21)18-5-7-19(8-6-18)14-11(9-15)17-12-10-16-3-4-20(12)14/h2,16H,1,3-8,10H2. The third kappa shape index (κ3) is 2.38. The molecule has 0 atom stereocenters. The number of nitriles is 1. The smallest absolute Gasteiger partial charge is 0.246 e. The summed E-state index contributed by atoms with van der Waals surface area (Å²) in [5.41, 5.74) is 0.484. The van der Waals surface area contributed by atoms with Gasteiger partial charge < -0.3 is 19.7 Å². The van der Waals surface area contributed by atoms with Crippen molar-refractivity contribution in [3.63, 3.8) is 0 Å². The highest BCUT2D eigenvalue weighted by atomic mass is 16.2. The van der Waals surface area contributed by atoms with Gasteiger partial charge in [-0.15, -0.1) is 0 Å². The van der Waals surface area contributed by atoms with Crippen LogP contribution in [-0.4, -0.2) is 53.1 Å². The molecule has 0 aromatic carbocycles. The van der Waals surface area contributed by atoms with Gasteiger partial charge in [-0.1, -0.05) is 6.58 Å². The Morgan fingerprint density at radius 1 is 1.33 bits per heavy atom. The maximum atomic E-state index is 11.6. The van der Waals surface area contributed by atoms with Crippen LogP contribution in [-0.2, 0) is 17.9 Å². The minimum absolute atomic E-state index is 0.0327. The molecular formula is C14H18N6O. The van der Waals surface area contributed by atoms with Crippen molar-refractivity contribution < 1.29 is 4.79 Å². The molecule has 7 heteroatoms. The van der Waals surface area contributed by atoms with Crippen LogP contribution in [0.4, 0.5) is 5.82 Å². The van der Waals surface area contributed by atoms with E-state index in [-0.39, 0.29) is 5.91 Å². The van der Waals surface area contributed by atoms with Crippen molar-refractivity contribution in [2.24, 2.45) is 0 Å². The molecule has 3 rings (SSSR count). The van der Waals surface area contributed by atoms with Crippen LogP contribution < -0.4 is 10.2 Å². The van der Waals surface area contributed by atoms with Crippen molar-refractivity contribution in [3.05, 3.63) is 24.2 Å². The van der Waals surface area contributed by atoms with Crippen molar-refractivity contribution in [2.45, 2.75) is 13.1 Å². The molecule has 21 heavy (non-hydrogen) atoms. The zero-order valence-corrected chi connectivity index (χ0v) is 11.9. The van der Waals surface area contributed by atoms with Gasteiger partial charge in [0.05, 0.1) is 6.54 Å². The zero-order valence-electron chi connectivity index (χ0n) is 11.9. The fraction of sp³-hybridized carbons (Fsp3) is 0.500. The Hall–Kier alpha value is -2.33. The van der Waals surface area contributed by atoms with Gasteiger partial charge in [-0.25, -0.2) is 4.98 Å². The lowest BCUT2D eigenvalue weighted by Crippen LogP contribution is -2.49. The average Bonchev–Trinajstić information content (AvgIpc) is 2.92. The van der Waals surface area contributed by atoms with Crippen molar-refractivity contribution in [1.82, 2.24) is 19.8 Å². The summed E-state index contributed by atoms with van der Waals surface area (Å²) in [4.78, 5) is 20.0. The second-order valence-corrected chi connectivity index (χ2v) is 5.16. The highest BCUT2D eigenvalue weighted by Crippen LogP contribution is 2.25. The fourth-order valence-electron chi connectivity index (χ4n) is 2.91. The van der Waals surface area contributed by atoms with Crippen LogP contribution in [0.2, 0.25) is 0 Å². The first-order valence-electron chi connectivity index (χ1n) is 7.11. The van der Waals surface area contributed by atoms with Crippen molar-refractivity contribution in [2.75, 3.05) is 37.6 Å². The monoisotopic (exact) mass is 286 g/mol. The highest BCUT2D eigenvalue weighted by molar-refractivity contribution is 5.87. The summed E-state index contributed by atoms with van der Waals surface area (Å²) in [6.07, 6.45) is 1.35. The fourth-order valence-corrected chi connectivity index (χ4v) is 2.91. The zero-order chi connectivity index (χ0) is 14.8. The van der Waals surface area contributed by atoms with Crippen LogP contribution in [0.25, 0.3) is 0 Å². The Morgan fingerprint density at radius 2 is 2.10 bits per heavy atom. The lowest BCUT2D eigenvalue weighted by atomic mass is 10.3. The Morgan fingerprint density at radius 3 is 2.76 bits per heavy atom. The van der Waals surface area contributed by atoms with Crippen LogP contribution in [0.15, 0.2) is 12.7 Å². The maximum absolute atomic E-state index is 11.6. The summed E-state index contributed by atoms with van der Waals surface area (Å²) < 4.78 is 2.13. The van der Waals surface area contributed by atoms with Crippen LogP contribution in [0.5, 0.6) is 0 Å². The van der Waals surface area contributed by atoms with E-state index in [0.29, 0.717) is 38.4 Å². The van der Waals surface area contributed by atoms with E-state index >= 15 is 0 Å². The first-order chi connectivity index (χ1) is 10.2. The van der Waals surface area contributed by atoms with Gasteiger partial charge in [-0.2, -0.15) is 5.26 Å². The van der Waals surface area contributed by atoms with Gasteiger partial charge in [0.15, 0.2) is 5.69 Å². The predicted octanol–water partition coefficient (Wildman–Crippen LogP) is -0.307.